The SMILES string of the molecule is COC(=O)CSc1ncnc(Nc2ccc(C)cc2)c1[P](c1ccccc1)(c1ccccc1)c1ccccc1. The molecule has 0 aliphatic carbocycles. The van der Waals surface area contributed by atoms with E-state index < -0.39 is 7.26 Å². The average molecular weight is 551 g/mol. The Morgan fingerprint density at radius 2 is 1.28 bits per heavy atom. The lowest BCUT2D eigenvalue weighted by atomic mass is 10.2. The van der Waals surface area contributed by atoms with Gasteiger partial charge in [0.05, 0.1) is 18.2 Å². The second kappa shape index (κ2) is 12.2. The molecule has 1 heterocycles. The second-order valence-electron chi connectivity index (χ2n) is 8.91. The van der Waals surface area contributed by atoms with Crippen LogP contribution >= 0.6 is 19.0 Å². The summed E-state index contributed by atoms with van der Waals surface area (Å²) < 4.78 is 4.98. The number of anilines is 2. The smallest absolute Gasteiger partial charge is 0.316 e. The zero-order valence-electron chi connectivity index (χ0n) is 21.8. The van der Waals surface area contributed by atoms with E-state index in [-0.39, 0.29) is 11.7 Å². The quantitative estimate of drug-likeness (QED) is 0.115. The fraction of sp³-hybridized carbons (Fsp3) is 0.0938. The molecule has 0 saturated heterocycles. The van der Waals surface area contributed by atoms with Crippen LogP contribution in [0.3, 0.4) is 0 Å². The predicted molar refractivity (Wildman–Crippen MR) is 164 cm³/mol. The average Bonchev–Trinajstić information content (AvgIpc) is 3.00. The van der Waals surface area contributed by atoms with Crippen LogP contribution in [0.1, 0.15) is 5.56 Å². The van der Waals surface area contributed by atoms with Crippen molar-refractivity contribution < 1.29 is 9.53 Å². The van der Waals surface area contributed by atoms with Gasteiger partial charge in [-0.05, 0) is 42.2 Å². The lowest BCUT2D eigenvalue weighted by molar-refractivity contribution is -0.137. The van der Waals surface area contributed by atoms with E-state index >= 15 is 0 Å². The number of thioether (sulfide) groups is 1. The van der Waals surface area contributed by atoms with Crippen LogP contribution < -0.4 is 26.5 Å². The Labute approximate surface area is 234 Å². The number of esters is 1. The van der Waals surface area contributed by atoms with Gasteiger partial charge in [0.2, 0.25) is 0 Å². The van der Waals surface area contributed by atoms with Crippen molar-refractivity contribution >= 4 is 57.7 Å². The fourth-order valence-electron chi connectivity index (χ4n) is 4.61. The van der Waals surface area contributed by atoms with Crippen LogP contribution in [0.15, 0.2) is 127 Å². The largest absolute Gasteiger partial charge is 0.468 e. The van der Waals surface area contributed by atoms with Crippen molar-refractivity contribution in [3.63, 3.8) is 0 Å². The molecule has 0 saturated carbocycles. The van der Waals surface area contributed by atoms with Crippen molar-refractivity contribution in [3.05, 3.63) is 127 Å². The summed E-state index contributed by atoms with van der Waals surface area (Å²) in [5, 5.41) is 8.84. The van der Waals surface area contributed by atoms with Gasteiger partial charge in [-0.3, -0.25) is 4.79 Å². The Morgan fingerprint density at radius 3 is 1.77 bits per heavy atom. The van der Waals surface area contributed by atoms with Gasteiger partial charge in [-0.15, -0.1) is 0 Å². The first kappa shape index (κ1) is 26.6. The molecule has 5 aromatic rings. The van der Waals surface area contributed by atoms with Gasteiger partial charge in [0, 0.05) is 5.69 Å². The molecule has 0 bridgehead atoms. The van der Waals surface area contributed by atoms with E-state index in [0.717, 1.165) is 16.0 Å². The molecule has 0 amide bonds. The van der Waals surface area contributed by atoms with Gasteiger partial charge in [0.15, 0.2) is 0 Å². The summed E-state index contributed by atoms with van der Waals surface area (Å²) in [6.07, 6.45) is 1.56. The van der Waals surface area contributed by atoms with E-state index in [0.29, 0.717) is 5.82 Å². The number of aromatic nitrogens is 2. The number of hydrogen-bond acceptors (Lipinski definition) is 6. The van der Waals surface area contributed by atoms with Gasteiger partial charge in [-0.1, -0.05) is 120 Å². The number of carbonyl (C=O) groups is 1. The summed E-state index contributed by atoms with van der Waals surface area (Å²) in [4.78, 5) is 21.9. The molecule has 195 valence electrons. The molecule has 39 heavy (non-hydrogen) atoms. The second-order valence-corrected chi connectivity index (χ2v) is 13.2. The highest BCUT2D eigenvalue weighted by Crippen LogP contribution is 2.57. The molecular formula is C32H29N3O2PS. The van der Waals surface area contributed by atoms with Gasteiger partial charge in [0.1, 0.15) is 17.2 Å². The molecule has 1 aromatic heterocycles. The summed E-state index contributed by atoms with van der Waals surface area (Å²) in [6.45, 7) is 2.07. The summed E-state index contributed by atoms with van der Waals surface area (Å²) >= 11 is 1.38. The minimum atomic E-state index is -2.56. The normalized spacial score (nSPS) is 11.1. The van der Waals surface area contributed by atoms with Gasteiger partial charge >= 0.3 is 5.97 Å². The van der Waals surface area contributed by atoms with Crippen molar-refractivity contribution in [2.24, 2.45) is 0 Å². The van der Waals surface area contributed by atoms with E-state index in [4.69, 9.17) is 14.7 Å². The summed E-state index contributed by atoms with van der Waals surface area (Å²) in [6, 6.07) is 39.9. The Balaban J connectivity index is 1.86. The summed E-state index contributed by atoms with van der Waals surface area (Å²) in [7, 11) is -1.15. The van der Waals surface area contributed by atoms with Crippen LogP contribution in [0.25, 0.3) is 0 Å². The molecule has 0 unspecified atom stereocenters. The van der Waals surface area contributed by atoms with Gasteiger partial charge < -0.3 is 10.1 Å². The summed E-state index contributed by atoms with van der Waals surface area (Å²) in [5.41, 5.74) is 2.11. The van der Waals surface area contributed by atoms with Crippen LogP contribution in [0, 0.1) is 6.92 Å². The topological polar surface area (TPSA) is 64.1 Å². The number of hydrogen-bond donors (Lipinski definition) is 1. The van der Waals surface area contributed by atoms with Crippen molar-refractivity contribution in [2.45, 2.75) is 11.9 Å². The van der Waals surface area contributed by atoms with Gasteiger partial charge in [-0.2, -0.15) is 0 Å². The van der Waals surface area contributed by atoms with Crippen LogP contribution in [0.5, 0.6) is 0 Å². The van der Waals surface area contributed by atoms with Crippen molar-refractivity contribution in [1.29, 1.82) is 0 Å². The molecule has 0 atom stereocenters. The Kier molecular flexibility index (Phi) is 8.36. The minimum absolute atomic E-state index is 0.142. The lowest BCUT2D eigenvalue weighted by Gasteiger charge is -2.40. The number of nitrogens with one attached hydrogen (secondary N) is 1. The number of methoxy groups -OCH3 is 1. The molecule has 0 fully saturated rings. The third kappa shape index (κ3) is 5.58. The highest BCUT2D eigenvalue weighted by molar-refractivity contribution is 8.04. The molecule has 0 aliphatic rings. The molecular weight excluding hydrogens is 521 g/mol. The van der Waals surface area contributed by atoms with E-state index in [2.05, 4.69) is 109 Å². The standard InChI is InChI=1S/C32H29N3O2PS/c1-24-18-20-25(21-19-24)35-31-30(32(34-23-33-31)39-22-29(36)37-2)38(26-12-6-3-7-13-26,27-14-8-4-9-15-27)28-16-10-5-11-17-28/h3-21,23H,22H2,1-2H3,(H,33,34,35). The van der Waals surface area contributed by atoms with Crippen molar-refractivity contribution in [3.8, 4) is 0 Å². The molecule has 4 aromatic carbocycles. The lowest BCUT2D eigenvalue weighted by Crippen LogP contribution is -2.41. The first-order valence-electron chi connectivity index (χ1n) is 12.6. The third-order valence-corrected chi connectivity index (χ3v) is 11.9. The number of carbonyl (C=O) groups excluding carboxylic acids is 1. The van der Waals surface area contributed by atoms with E-state index in [1.54, 1.807) is 6.33 Å². The zero-order valence-corrected chi connectivity index (χ0v) is 23.5. The van der Waals surface area contributed by atoms with Crippen LogP contribution in [-0.2, 0) is 9.53 Å². The van der Waals surface area contributed by atoms with Gasteiger partial charge in [-0.25, -0.2) is 9.97 Å². The molecule has 1 radical (unpaired) electrons. The Hall–Kier alpha value is -3.99. The van der Waals surface area contributed by atoms with E-state index in [1.165, 1.54) is 40.3 Å². The number of aryl methyl sites for hydroxylation is 1. The molecule has 0 aliphatic heterocycles. The van der Waals surface area contributed by atoms with E-state index in [9.17, 15) is 4.79 Å². The maximum atomic E-state index is 12.3. The number of nitrogens with zero attached hydrogens (tertiary/aromatic N) is 2. The predicted octanol–water partition coefficient (Wildman–Crippen LogP) is 5.41. The maximum absolute atomic E-state index is 12.3. The van der Waals surface area contributed by atoms with Crippen molar-refractivity contribution in [1.82, 2.24) is 9.97 Å². The Morgan fingerprint density at radius 1 is 0.769 bits per heavy atom. The first-order chi connectivity index (χ1) is 19.1. The number of benzene rings is 4. The van der Waals surface area contributed by atoms with Crippen LogP contribution in [-0.4, -0.2) is 28.8 Å². The van der Waals surface area contributed by atoms with Gasteiger partial charge in [0.25, 0.3) is 0 Å². The van der Waals surface area contributed by atoms with Crippen LogP contribution in [0.4, 0.5) is 11.5 Å². The zero-order chi connectivity index (χ0) is 27.1. The first-order valence-corrected chi connectivity index (χ1v) is 15.3. The molecule has 1 N–H and O–H groups in total. The number of ether oxygens (including phenoxy) is 1. The monoisotopic (exact) mass is 550 g/mol. The summed E-state index contributed by atoms with van der Waals surface area (Å²) in [5.74, 6) is 0.551. The maximum Gasteiger partial charge on any atom is 0.316 e. The molecule has 5 rings (SSSR count). The molecule has 5 nitrogen and oxygen atoms in total. The number of rotatable bonds is 9. The minimum Gasteiger partial charge on any atom is -0.468 e. The fourth-order valence-corrected chi connectivity index (χ4v) is 10.2. The van der Waals surface area contributed by atoms with Crippen LogP contribution in [0.2, 0.25) is 0 Å². The third-order valence-electron chi connectivity index (χ3n) is 6.42. The highest BCUT2D eigenvalue weighted by atomic mass is 32.2. The Bertz CT molecular complexity index is 1440. The van der Waals surface area contributed by atoms with Crippen molar-refractivity contribution in [2.75, 3.05) is 18.2 Å². The highest BCUT2D eigenvalue weighted by Gasteiger charge is 2.41. The van der Waals surface area contributed by atoms with E-state index in [1.807, 2.05) is 18.2 Å². The molecule has 0 spiro atoms. The molecule has 7 heteroatoms.